The Balaban J connectivity index is 1.14. The van der Waals surface area contributed by atoms with Gasteiger partial charge in [0.05, 0.1) is 23.4 Å². The molecule has 4 amide bonds. The molecule has 2 aliphatic heterocycles. The summed E-state index contributed by atoms with van der Waals surface area (Å²) in [6.45, 7) is 0.736. The summed E-state index contributed by atoms with van der Waals surface area (Å²) in [7, 11) is 0. The molecule has 9 nitrogen and oxygen atoms in total. The van der Waals surface area contributed by atoms with E-state index in [1.165, 1.54) is 4.90 Å². The van der Waals surface area contributed by atoms with Crippen LogP contribution >= 0.6 is 0 Å². The number of benzene rings is 3. The van der Waals surface area contributed by atoms with Gasteiger partial charge in [0.1, 0.15) is 18.1 Å². The second kappa shape index (κ2) is 10.5. The number of nitrogens with zero attached hydrogens (tertiary/aromatic N) is 2. The number of ether oxygens (including phenoxy) is 2. The van der Waals surface area contributed by atoms with Gasteiger partial charge >= 0.3 is 0 Å². The summed E-state index contributed by atoms with van der Waals surface area (Å²) >= 11 is 0. The largest absolute Gasteiger partial charge is 0.492 e. The number of amides is 4. The van der Waals surface area contributed by atoms with Crippen molar-refractivity contribution in [3.63, 3.8) is 0 Å². The topological polar surface area (TPSA) is 105 Å². The van der Waals surface area contributed by atoms with Crippen LogP contribution in [0.4, 0.5) is 11.4 Å². The lowest BCUT2D eigenvalue weighted by atomic mass is 10.1. The molecule has 5 rings (SSSR count). The Labute approximate surface area is 213 Å². The van der Waals surface area contributed by atoms with E-state index >= 15 is 0 Å². The molecule has 2 heterocycles. The molecule has 9 heteroatoms. The van der Waals surface area contributed by atoms with E-state index < -0.39 is 0 Å². The number of hydrogen-bond acceptors (Lipinski definition) is 6. The van der Waals surface area contributed by atoms with E-state index in [1.54, 1.807) is 47.4 Å². The van der Waals surface area contributed by atoms with Crippen LogP contribution in [0.15, 0.2) is 72.8 Å². The zero-order valence-electron chi connectivity index (χ0n) is 20.0. The Morgan fingerprint density at radius 1 is 0.865 bits per heavy atom. The Morgan fingerprint density at radius 2 is 1.57 bits per heavy atom. The fraction of sp³-hybridized carbons (Fsp3) is 0.214. The summed E-state index contributed by atoms with van der Waals surface area (Å²) in [5.74, 6) is 0.125. The van der Waals surface area contributed by atoms with Crippen molar-refractivity contribution in [2.75, 3.05) is 36.5 Å². The predicted molar refractivity (Wildman–Crippen MR) is 136 cm³/mol. The summed E-state index contributed by atoms with van der Waals surface area (Å²) in [5.41, 5.74) is 1.92. The highest BCUT2D eigenvalue weighted by molar-refractivity contribution is 6.21. The third-order valence-electron chi connectivity index (χ3n) is 6.18. The van der Waals surface area contributed by atoms with Crippen LogP contribution in [-0.4, -0.2) is 54.8 Å². The highest BCUT2D eigenvalue weighted by Gasteiger charge is 2.34. The second-order valence-corrected chi connectivity index (χ2v) is 8.64. The molecule has 0 bridgehead atoms. The van der Waals surface area contributed by atoms with Crippen LogP contribution in [0.3, 0.4) is 0 Å². The molecule has 0 unspecified atom stereocenters. The van der Waals surface area contributed by atoms with Gasteiger partial charge < -0.3 is 19.7 Å². The van der Waals surface area contributed by atoms with E-state index in [1.807, 2.05) is 30.3 Å². The van der Waals surface area contributed by atoms with Crippen molar-refractivity contribution in [2.45, 2.75) is 12.8 Å². The first-order valence-electron chi connectivity index (χ1n) is 12.0. The van der Waals surface area contributed by atoms with Gasteiger partial charge in [-0.2, -0.15) is 0 Å². The third kappa shape index (κ3) is 5.16. The van der Waals surface area contributed by atoms with E-state index in [9.17, 15) is 19.2 Å². The minimum atomic E-state index is -0.332. The van der Waals surface area contributed by atoms with E-state index in [4.69, 9.17) is 9.47 Å². The molecule has 3 aromatic rings. The van der Waals surface area contributed by atoms with Crippen LogP contribution in [0, 0.1) is 0 Å². The van der Waals surface area contributed by atoms with E-state index in [2.05, 4.69) is 5.32 Å². The van der Waals surface area contributed by atoms with Crippen molar-refractivity contribution in [1.29, 1.82) is 0 Å². The van der Waals surface area contributed by atoms with Crippen LogP contribution in [0.1, 0.15) is 33.6 Å². The van der Waals surface area contributed by atoms with E-state index in [0.717, 1.165) is 5.75 Å². The van der Waals surface area contributed by atoms with Gasteiger partial charge in [-0.15, -0.1) is 0 Å². The predicted octanol–water partition coefficient (Wildman–Crippen LogP) is 3.51. The van der Waals surface area contributed by atoms with Gasteiger partial charge in [-0.1, -0.05) is 30.3 Å². The summed E-state index contributed by atoms with van der Waals surface area (Å²) in [6, 6.07) is 21.2. The smallest absolute Gasteiger partial charge is 0.265 e. The molecule has 0 spiro atoms. The lowest BCUT2D eigenvalue weighted by Crippen LogP contribution is -2.41. The van der Waals surface area contributed by atoms with E-state index in [-0.39, 0.29) is 43.2 Å². The number of anilines is 2. The normalized spacial score (nSPS) is 14.2. The number of carbonyl (C=O) groups is 4. The molecule has 0 atom stereocenters. The number of hydrogen-bond donors (Lipinski definition) is 1. The molecular formula is C28H25N3O6. The number of fused-ring (bicyclic) bond motifs is 2. The van der Waals surface area contributed by atoms with Gasteiger partial charge in [0, 0.05) is 24.7 Å². The Bertz CT molecular complexity index is 1320. The summed E-state index contributed by atoms with van der Waals surface area (Å²) in [4.78, 5) is 52.6. The zero-order chi connectivity index (χ0) is 25.8. The van der Waals surface area contributed by atoms with Crippen LogP contribution in [0.25, 0.3) is 0 Å². The fourth-order valence-corrected chi connectivity index (χ4v) is 4.36. The van der Waals surface area contributed by atoms with Crippen molar-refractivity contribution >= 4 is 35.0 Å². The monoisotopic (exact) mass is 499 g/mol. The summed E-state index contributed by atoms with van der Waals surface area (Å²) in [6.07, 6.45) is 0.467. The molecule has 0 fully saturated rings. The first-order valence-corrected chi connectivity index (χ1v) is 12.0. The first kappa shape index (κ1) is 24.1. The van der Waals surface area contributed by atoms with Crippen molar-refractivity contribution in [3.05, 3.63) is 83.9 Å². The van der Waals surface area contributed by atoms with Crippen LogP contribution in [0.5, 0.6) is 11.5 Å². The molecule has 0 saturated heterocycles. The number of imide groups is 1. The lowest BCUT2D eigenvalue weighted by molar-refractivity contribution is -0.121. The molecule has 37 heavy (non-hydrogen) atoms. The minimum absolute atomic E-state index is 0.101. The highest BCUT2D eigenvalue weighted by Crippen LogP contribution is 2.34. The quantitative estimate of drug-likeness (QED) is 0.452. The number of rotatable bonds is 9. The van der Waals surface area contributed by atoms with Crippen LogP contribution in [0.2, 0.25) is 0 Å². The van der Waals surface area contributed by atoms with Gasteiger partial charge in [-0.05, 0) is 42.8 Å². The molecular weight excluding hydrogens is 474 g/mol. The van der Waals surface area contributed by atoms with Crippen molar-refractivity contribution in [1.82, 2.24) is 4.90 Å². The van der Waals surface area contributed by atoms with Gasteiger partial charge in [0.2, 0.25) is 5.91 Å². The molecule has 0 aromatic heterocycles. The lowest BCUT2D eigenvalue weighted by Gasteiger charge is -2.29. The first-order chi connectivity index (χ1) is 18.0. The van der Waals surface area contributed by atoms with Crippen LogP contribution in [-0.2, 0) is 9.59 Å². The average molecular weight is 500 g/mol. The van der Waals surface area contributed by atoms with Crippen molar-refractivity contribution in [2.24, 2.45) is 0 Å². The maximum Gasteiger partial charge on any atom is 0.265 e. The number of nitrogens with one attached hydrogen (secondary N) is 1. The Kier molecular flexibility index (Phi) is 6.85. The number of carbonyl (C=O) groups excluding carboxylic acids is 4. The maximum absolute atomic E-state index is 12.5. The summed E-state index contributed by atoms with van der Waals surface area (Å²) in [5, 5.41) is 2.81. The third-order valence-corrected chi connectivity index (χ3v) is 6.18. The standard InChI is InChI=1S/C28H25N3O6/c32-25(11-6-14-31-27(34)21-9-4-5-10-22(21)28(31)35)29-19-12-13-23-24(17-19)37-18-26(33)30(23)15-16-36-20-7-2-1-3-8-20/h1-5,7-10,12-13,17H,6,11,14-16,18H2,(H,29,32). The Hall–Kier alpha value is -4.66. The molecule has 0 saturated carbocycles. The van der Waals surface area contributed by atoms with Gasteiger partial charge in [-0.3, -0.25) is 24.1 Å². The van der Waals surface area contributed by atoms with Crippen molar-refractivity contribution in [3.8, 4) is 11.5 Å². The SMILES string of the molecule is O=C(CCCN1C(=O)c2ccccc2C1=O)Nc1ccc2c(c1)OCC(=O)N2CCOc1ccccc1. The second-order valence-electron chi connectivity index (χ2n) is 8.64. The molecule has 1 N–H and O–H groups in total. The Morgan fingerprint density at radius 3 is 2.30 bits per heavy atom. The zero-order valence-corrected chi connectivity index (χ0v) is 20.0. The maximum atomic E-state index is 12.5. The average Bonchev–Trinajstić information content (AvgIpc) is 3.15. The molecule has 2 aliphatic rings. The van der Waals surface area contributed by atoms with Crippen LogP contribution < -0.4 is 19.7 Å². The highest BCUT2D eigenvalue weighted by atomic mass is 16.5. The van der Waals surface area contributed by atoms with E-state index in [0.29, 0.717) is 47.8 Å². The van der Waals surface area contributed by atoms with Crippen molar-refractivity contribution < 1.29 is 28.7 Å². The molecule has 188 valence electrons. The van der Waals surface area contributed by atoms with Gasteiger partial charge in [-0.25, -0.2) is 0 Å². The van der Waals surface area contributed by atoms with Gasteiger partial charge in [0.15, 0.2) is 6.61 Å². The minimum Gasteiger partial charge on any atom is -0.492 e. The fourth-order valence-electron chi connectivity index (χ4n) is 4.36. The molecule has 3 aromatic carbocycles. The summed E-state index contributed by atoms with van der Waals surface area (Å²) < 4.78 is 11.3. The molecule has 0 radical (unpaired) electrons. The molecule has 0 aliphatic carbocycles. The number of para-hydroxylation sites is 1. The van der Waals surface area contributed by atoms with Gasteiger partial charge in [0.25, 0.3) is 17.7 Å².